The quantitative estimate of drug-likeness (QED) is 0.305. The van der Waals surface area contributed by atoms with Crippen molar-refractivity contribution in [1.29, 1.82) is 0 Å². The lowest BCUT2D eigenvalue weighted by atomic mass is 10.0. The zero-order chi connectivity index (χ0) is 25.2. The SMILES string of the molecule is CC(C)(C)OC(=O)CC[C@H](Cc1ccc(O)c(NC(=O)CCCN)c1)NC(=O)OC(C)(C)C. The molecule has 1 aromatic carbocycles. The molecule has 1 rings (SSSR count). The largest absolute Gasteiger partial charge is 0.506 e. The number of rotatable bonds is 10. The number of benzene rings is 1. The van der Waals surface area contributed by atoms with Crippen LogP contribution in [0.1, 0.15) is 72.8 Å². The lowest BCUT2D eigenvalue weighted by molar-refractivity contribution is -0.155. The second-order valence-electron chi connectivity index (χ2n) is 9.96. The van der Waals surface area contributed by atoms with E-state index in [4.69, 9.17) is 15.2 Å². The first-order valence-electron chi connectivity index (χ1n) is 11.2. The fourth-order valence-electron chi connectivity index (χ4n) is 2.95. The van der Waals surface area contributed by atoms with E-state index in [-0.39, 0.29) is 36.2 Å². The van der Waals surface area contributed by atoms with Crippen molar-refractivity contribution in [1.82, 2.24) is 5.32 Å². The number of ether oxygens (including phenoxy) is 2. The van der Waals surface area contributed by atoms with Crippen LogP contribution in [0.2, 0.25) is 0 Å². The number of anilines is 1. The average molecular weight is 466 g/mol. The maximum absolute atomic E-state index is 12.3. The summed E-state index contributed by atoms with van der Waals surface area (Å²) in [5.41, 5.74) is 5.20. The van der Waals surface area contributed by atoms with E-state index >= 15 is 0 Å². The first-order valence-corrected chi connectivity index (χ1v) is 11.2. The number of hydrogen-bond acceptors (Lipinski definition) is 7. The summed E-state index contributed by atoms with van der Waals surface area (Å²) in [6.07, 6.45) is 0.989. The van der Waals surface area contributed by atoms with Crippen LogP contribution in [0.15, 0.2) is 18.2 Å². The molecule has 1 atom stereocenters. The summed E-state index contributed by atoms with van der Waals surface area (Å²) in [5, 5.41) is 15.6. The molecule has 0 aliphatic heterocycles. The maximum Gasteiger partial charge on any atom is 0.407 e. The van der Waals surface area contributed by atoms with E-state index in [1.165, 1.54) is 6.07 Å². The molecule has 0 bridgehead atoms. The van der Waals surface area contributed by atoms with E-state index in [9.17, 15) is 19.5 Å². The fraction of sp³-hybridized carbons (Fsp3) is 0.625. The van der Waals surface area contributed by atoms with Gasteiger partial charge in [0.15, 0.2) is 0 Å². The Morgan fingerprint density at radius 2 is 1.67 bits per heavy atom. The Morgan fingerprint density at radius 3 is 2.24 bits per heavy atom. The Balaban J connectivity index is 2.94. The molecule has 2 amide bonds. The Morgan fingerprint density at radius 1 is 1.03 bits per heavy atom. The van der Waals surface area contributed by atoms with E-state index in [0.717, 1.165) is 5.56 Å². The minimum absolute atomic E-state index is 0.0646. The Labute approximate surface area is 196 Å². The molecule has 9 heteroatoms. The van der Waals surface area contributed by atoms with Gasteiger partial charge in [-0.2, -0.15) is 0 Å². The van der Waals surface area contributed by atoms with E-state index in [1.807, 2.05) is 0 Å². The number of phenolic OH excluding ortho intramolecular Hbond substituents is 1. The van der Waals surface area contributed by atoms with Crippen LogP contribution in [0.4, 0.5) is 10.5 Å². The number of esters is 1. The van der Waals surface area contributed by atoms with Crippen molar-refractivity contribution in [3.63, 3.8) is 0 Å². The standard InChI is InChI=1S/C24H39N3O6/c1-23(2,3)32-21(30)12-10-17(26-22(31)33-24(4,5)6)14-16-9-11-19(28)18(15-16)27-20(29)8-7-13-25/h9,11,15,17,28H,7-8,10,12-14,25H2,1-6H3,(H,26,31)(H,27,29)/t17-/m1/s1. The number of nitrogens with one attached hydrogen (secondary N) is 2. The number of carbonyl (C=O) groups excluding carboxylic acids is 3. The Hall–Kier alpha value is -2.81. The smallest absolute Gasteiger partial charge is 0.407 e. The molecule has 0 saturated heterocycles. The fourth-order valence-corrected chi connectivity index (χ4v) is 2.95. The van der Waals surface area contributed by atoms with Crippen LogP contribution in [0.25, 0.3) is 0 Å². The molecule has 0 radical (unpaired) electrons. The van der Waals surface area contributed by atoms with Gasteiger partial charge in [0, 0.05) is 18.9 Å². The number of alkyl carbamates (subject to hydrolysis) is 1. The summed E-state index contributed by atoms with van der Waals surface area (Å²) in [4.78, 5) is 36.5. The van der Waals surface area contributed by atoms with E-state index in [1.54, 1.807) is 53.7 Å². The van der Waals surface area contributed by atoms with E-state index in [2.05, 4.69) is 10.6 Å². The lowest BCUT2D eigenvalue weighted by Crippen LogP contribution is -2.40. The third kappa shape index (κ3) is 12.7. The van der Waals surface area contributed by atoms with Gasteiger partial charge in [0.2, 0.25) is 5.91 Å². The molecule has 33 heavy (non-hydrogen) atoms. The molecule has 9 nitrogen and oxygen atoms in total. The zero-order valence-corrected chi connectivity index (χ0v) is 20.6. The highest BCUT2D eigenvalue weighted by Gasteiger charge is 2.23. The van der Waals surface area contributed by atoms with Crippen LogP contribution < -0.4 is 16.4 Å². The molecule has 1 aromatic rings. The first kappa shape index (κ1) is 28.2. The molecule has 5 N–H and O–H groups in total. The third-order valence-corrected chi connectivity index (χ3v) is 4.26. The maximum atomic E-state index is 12.3. The molecular formula is C24H39N3O6. The second-order valence-corrected chi connectivity index (χ2v) is 9.96. The predicted molar refractivity (Wildman–Crippen MR) is 127 cm³/mol. The summed E-state index contributed by atoms with van der Waals surface area (Å²) in [7, 11) is 0. The van der Waals surface area contributed by atoms with Crippen molar-refractivity contribution < 1.29 is 29.0 Å². The van der Waals surface area contributed by atoms with Crippen LogP contribution in [0, 0.1) is 0 Å². The minimum atomic E-state index is -0.667. The van der Waals surface area contributed by atoms with Crippen LogP contribution in [-0.4, -0.2) is 46.9 Å². The number of phenols is 1. The van der Waals surface area contributed by atoms with Crippen molar-refractivity contribution in [2.45, 2.75) is 90.9 Å². The molecular weight excluding hydrogens is 426 g/mol. The average Bonchev–Trinajstić information content (AvgIpc) is 2.64. The summed E-state index contributed by atoms with van der Waals surface area (Å²) in [6, 6.07) is 4.39. The van der Waals surface area contributed by atoms with Crippen molar-refractivity contribution in [2.75, 3.05) is 11.9 Å². The van der Waals surface area contributed by atoms with Gasteiger partial charge in [0.25, 0.3) is 0 Å². The van der Waals surface area contributed by atoms with Gasteiger partial charge in [0.05, 0.1) is 5.69 Å². The topological polar surface area (TPSA) is 140 Å². The Bertz CT molecular complexity index is 811. The normalized spacial score (nSPS) is 12.6. The molecule has 186 valence electrons. The van der Waals surface area contributed by atoms with Crippen molar-refractivity contribution >= 4 is 23.7 Å². The van der Waals surface area contributed by atoms with Crippen LogP contribution in [0.3, 0.4) is 0 Å². The third-order valence-electron chi connectivity index (χ3n) is 4.26. The summed E-state index contributed by atoms with van der Waals surface area (Å²) in [5.74, 6) is -0.677. The number of hydrogen-bond donors (Lipinski definition) is 4. The second kappa shape index (κ2) is 12.4. The van der Waals surface area contributed by atoms with Gasteiger partial charge in [-0.1, -0.05) is 6.07 Å². The number of aromatic hydroxyl groups is 1. The number of carbonyl (C=O) groups is 3. The van der Waals surface area contributed by atoms with Gasteiger partial charge < -0.3 is 30.9 Å². The Kier molecular flexibility index (Phi) is 10.6. The van der Waals surface area contributed by atoms with Crippen molar-refractivity contribution in [3.05, 3.63) is 23.8 Å². The molecule has 0 aliphatic carbocycles. The van der Waals surface area contributed by atoms with Crippen LogP contribution >= 0.6 is 0 Å². The van der Waals surface area contributed by atoms with E-state index in [0.29, 0.717) is 25.8 Å². The van der Waals surface area contributed by atoms with Gasteiger partial charge >= 0.3 is 12.1 Å². The molecule has 0 saturated carbocycles. The van der Waals surface area contributed by atoms with Crippen molar-refractivity contribution in [3.8, 4) is 5.75 Å². The van der Waals surface area contributed by atoms with E-state index < -0.39 is 23.3 Å². The van der Waals surface area contributed by atoms with Gasteiger partial charge in [-0.25, -0.2) is 4.79 Å². The summed E-state index contributed by atoms with van der Waals surface area (Å²) < 4.78 is 10.7. The first-order chi connectivity index (χ1) is 15.2. The van der Waals surface area contributed by atoms with Gasteiger partial charge in [-0.05, 0) is 85.0 Å². The van der Waals surface area contributed by atoms with Gasteiger partial charge in [-0.15, -0.1) is 0 Å². The minimum Gasteiger partial charge on any atom is -0.506 e. The molecule has 0 aliphatic rings. The summed E-state index contributed by atoms with van der Waals surface area (Å²) >= 11 is 0. The number of nitrogens with two attached hydrogens (primary N) is 1. The molecule has 0 aromatic heterocycles. The van der Waals surface area contributed by atoms with Gasteiger partial charge in [-0.3, -0.25) is 9.59 Å². The number of amides is 2. The highest BCUT2D eigenvalue weighted by Crippen LogP contribution is 2.26. The molecule has 0 spiro atoms. The molecule has 0 unspecified atom stereocenters. The van der Waals surface area contributed by atoms with Crippen molar-refractivity contribution in [2.24, 2.45) is 5.73 Å². The molecule has 0 heterocycles. The lowest BCUT2D eigenvalue weighted by Gasteiger charge is -2.24. The zero-order valence-electron chi connectivity index (χ0n) is 20.6. The van der Waals surface area contributed by atoms with Crippen LogP contribution in [-0.2, 0) is 25.5 Å². The molecule has 0 fully saturated rings. The predicted octanol–water partition coefficient (Wildman–Crippen LogP) is 3.63. The van der Waals surface area contributed by atoms with Crippen LogP contribution in [0.5, 0.6) is 5.75 Å². The van der Waals surface area contributed by atoms with Gasteiger partial charge in [0.1, 0.15) is 17.0 Å². The monoisotopic (exact) mass is 465 g/mol. The highest BCUT2D eigenvalue weighted by molar-refractivity contribution is 5.92. The summed E-state index contributed by atoms with van der Waals surface area (Å²) in [6.45, 7) is 11.1. The highest BCUT2D eigenvalue weighted by atomic mass is 16.6.